The second-order valence-electron chi connectivity index (χ2n) is 3.44. The standard InChI is InChI=1S/C7H14N2/c1-9-6-2-5(8)3-7(9)4-6/h5-7H,2-4,8H2,1H3/t6-,7-/m0/s1. The minimum absolute atomic E-state index is 0.505. The molecular weight excluding hydrogens is 112 g/mol. The van der Waals surface area contributed by atoms with Crippen molar-refractivity contribution in [3.63, 3.8) is 0 Å². The summed E-state index contributed by atoms with van der Waals surface area (Å²) in [7, 11) is 2.21. The topological polar surface area (TPSA) is 29.3 Å². The van der Waals surface area contributed by atoms with Gasteiger partial charge in [-0.1, -0.05) is 0 Å². The molecule has 0 aromatic carbocycles. The molecule has 2 nitrogen and oxygen atoms in total. The third kappa shape index (κ3) is 0.700. The van der Waals surface area contributed by atoms with E-state index in [1.54, 1.807) is 0 Å². The van der Waals surface area contributed by atoms with Gasteiger partial charge in [0.2, 0.25) is 0 Å². The van der Waals surface area contributed by atoms with Crippen LogP contribution < -0.4 is 5.73 Å². The minimum atomic E-state index is 0.505. The largest absolute Gasteiger partial charge is 0.328 e. The lowest BCUT2D eigenvalue weighted by Crippen LogP contribution is -2.61. The van der Waals surface area contributed by atoms with Crippen LogP contribution in [0.2, 0.25) is 0 Å². The number of nitrogens with zero attached hydrogens (tertiary/aromatic N) is 1. The van der Waals surface area contributed by atoms with E-state index in [2.05, 4.69) is 11.9 Å². The minimum Gasteiger partial charge on any atom is -0.328 e. The summed E-state index contributed by atoms with van der Waals surface area (Å²) in [6.45, 7) is 0. The molecule has 1 aliphatic carbocycles. The SMILES string of the molecule is CN1[C@H]2CC(N)C[C@H]1C2. The van der Waals surface area contributed by atoms with Gasteiger partial charge in [0.05, 0.1) is 0 Å². The van der Waals surface area contributed by atoms with Crippen LogP contribution >= 0.6 is 0 Å². The number of rotatable bonds is 0. The van der Waals surface area contributed by atoms with Crippen LogP contribution in [0.1, 0.15) is 19.3 Å². The molecule has 1 saturated carbocycles. The van der Waals surface area contributed by atoms with E-state index in [0.717, 1.165) is 12.1 Å². The van der Waals surface area contributed by atoms with Gasteiger partial charge in [-0.05, 0) is 26.3 Å². The van der Waals surface area contributed by atoms with Gasteiger partial charge in [-0.15, -0.1) is 0 Å². The molecule has 2 heteroatoms. The quantitative estimate of drug-likeness (QED) is 0.501. The maximum absolute atomic E-state index is 5.79. The van der Waals surface area contributed by atoms with Crippen LogP contribution in [-0.2, 0) is 0 Å². The first-order chi connectivity index (χ1) is 4.27. The van der Waals surface area contributed by atoms with Crippen molar-refractivity contribution < 1.29 is 0 Å². The van der Waals surface area contributed by atoms with Crippen LogP contribution in [-0.4, -0.2) is 30.1 Å². The van der Waals surface area contributed by atoms with Gasteiger partial charge >= 0.3 is 0 Å². The average molecular weight is 126 g/mol. The maximum Gasteiger partial charge on any atom is 0.0125 e. The Morgan fingerprint density at radius 3 is 2.11 bits per heavy atom. The van der Waals surface area contributed by atoms with E-state index in [-0.39, 0.29) is 0 Å². The Balaban J connectivity index is 2.01. The fraction of sp³-hybridized carbons (Fsp3) is 1.00. The molecule has 2 heterocycles. The molecule has 2 bridgehead atoms. The molecule has 3 aliphatic rings. The van der Waals surface area contributed by atoms with Gasteiger partial charge in [0.15, 0.2) is 0 Å². The molecule has 2 saturated heterocycles. The van der Waals surface area contributed by atoms with E-state index in [0.29, 0.717) is 6.04 Å². The number of piperidine rings is 1. The smallest absolute Gasteiger partial charge is 0.0125 e. The van der Waals surface area contributed by atoms with Crippen molar-refractivity contribution in [2.75, 3.05) is 7.05 Å². The molecule has 3 rings (SSSR count). The first-order valence-corrected chi connectivity index (χ1v) is 3.75. The Labute approximate surface area is 56.0 Å². The summed E-state index contributed by atoms with van der Waals surface area (Å²) < 4.78 is 0. The summed E-state index contributed by atoms with van der Waals surface area (Å²) in [6.07, 6.45) is 3.87. The van der Waals surface area contributed by atoms with Crippen molar-refractivity contribution in [3.8, 4) is 0 Å². The second-order valence-corrected chi connectivity index (χ2v) is 3.44. The summed E-state index contributed by atoms with van der Waals surface area (Å²) in [4.78, 5) is 2.46. The van der Waals surface area contributed by atoms with E-state index in [4.69, 9.17) is 5.73 Å². The van der Waals surface area contributed by atoms with Crippen LogP contribution in [0.25, 0.3) is 0 Å². The van der Waals surface area contributed by atoms with Crippen LogP contribution in [0.4, 0.5) is 0 Å². The van der Waals surface area contributed by atoms with E-state index >= 15 is 0 Å². The van der Waals surface area contributed by atoms with Crippen molar-refractivity contribution in [1.29, 1.82) is 0 Å². The summed E-state index contributed by atoms with van der Waals surface area (Å²) in [5.74, 6) is 0. The van der Waals surface area contributed by atoms with Gasteiger partial charge in [0.25, 0.3) is 0 Å². The fourth-order valence-electron chi connectivity index (χ4n) is 2.13. The molecule has 0 aromatic rings. The highest BCUT2D eigenvalue weighted by Gasteiger charge is 2.41. The number of nitrogens with two attached hydrogens (primary N) is 1. The first kappa shape index (κ1) is 5.69. The molecule has 0 spiro atoms. The van der Waals surface area contributed by atoms with Crippen molar-refractivity contribution >= 4 is 0 Å². The zero-order valence-corrected chi connectivity index (χ0v) is 5.88. The highest BCUT2D eigenvalue weighted by Crippen LogP contribution is 2.35. The van der Waals surface area contributed by atoms with Crippen LogP contribution in [0, 0.1) is 0 Å². The summed E-state index contributed by atoms with van der Waals surface area (Å²) in [5.41, 5.74) is 5.79. The van der Waals surface area contributed by atoms with E-state index in [9.17, 15) is 0 Å². The van der Waals surface area contributed by atoms with Crippen LogP contribution in [0.3, 0.4) is 0 Å². The molecule has 0 aromatic heterocycles. The Morgan fingerprint density at radius 1 is 1.22 bits per heavy atom. The van der Waals surface area contributed by atoms with Crippen molar-refractivity contribution in [3.05, 3.63) is 0 Å². The Bertz CT molecular complexity index is 112. The van der Waals surface area contributed by atoms with Crippen LogP contribution in [0.15, 0.2) is 0 Å². The third-order valence-electron chi connectivity index (χ3n) is 2.85. The zero-order chi connectivity index (χ0) is 6.43. The normalized spacial score (nSPS) is 50.7. The second kappa shape index (κ2) is 1.70. The van der Waals surface area contributed by atoms with Gasteiger partial charge in [-0.25, -0.2) is 0 Å². The number of fused-ring (bicyclic) bond motifs is 2. The molecule has 2 atom stereocenters. The summed E-state index contributed by atoms with van der Waals surface area (Å²) in [6, 6.07) is 2.17. The molecule has 0 amide bonds. The number of hydrogen-bond donors (Lipinski definition) is 1. The molecule has 9 heavy (non-hydrogen) atoms. The molecule has 52 valence electrons. The van der Waals surface area contributed by atoms with Crippen molar-refractivity contribution in [2.45, 2.75) is 37.4 Å². The summed E-state index contributed by atoms with van der Waals surface area (Å²) >= 11 is 0. The molecule has 3 fully saturated rings. The van der Waals surface area contributed by atoms with Gasteiger partial charge in [0.1, 0.15) is 0 Å². The van der Waals surface area contributed by atoms with Crippen molar-refractivity contribution in [1.82, 2.24) is 4.90 Å². The monoisotopic (exact) mass is 126 g/mol. The molecule has 2 aliphatic heterocycles. The molecular formula is C7H14N2. The maximum atomic E-state index is 5.79. The Hall–Kier alpha value is -0.0800. The molecule has 0 radical (unpaired) electrons. The van der Waals surface area contributed by atoms with Gasteiger partial charge < -0.3 is 10.6 Å². The predicted octanol–water partition coefficient (Wildman–Crippen LogP) is 0.180. The molecule has 0 unspecified atom stereocenters. The van der Waals surface area contributed by atoms with Crippen LogP contribution in [0.5, 0.6) is 0 Å². The van der Waals surface area contributed by atoms with Gasteiger partial charge in [-0.3, -0.25) is 0 Å². The lowest BCUT2D eigenvalue weighted by atomic mass is 9.78. The van der Waals surface area contributed by atoms with E-state index < -0.39 is 0 Å². The average Bonchev–Trinajstić information content (AvgIpc) is 1.87. The summed E-state index contributed by atoms with van der Waals surface area (Å²) in [5, 5.41) is 0. The van der Waals surface area contributed by atoms with Crippen molar-refractivity contribution in [2.24, 2.45) is 5.73 Å². The lowest BCUT2D eigenvalue weighted by molar-refractivity contribution is -0.0114. The fourth-order valence-corrected chi connectivity index (χ4v) is 2.13. The number of hydrogen-bond acceptors (Lipinski definition) is 2. The Kier molecular flexibility index (Phi) is 1.08. The zero-order valence-electron chi connectivity index (χ0n) is 5.88. The molecule has 2 N–H and O–H groups in total. The highest BCUT2D eigenvalue weighted by atomic mass is 15.2. The Morgan fingerprint density at radius 2 is 1.78 bits per heavy atom. The predicted molar refractivity (Wildman–Crippen MR) is 37.2 cm³/mol. The highest BCUT2D eigenvalue weighted by molar-refractivity contribution is 4.99. The third-order valence-corrected chi connectivity index (χ3v) is 2.85. The first-order valence-electron chi connectivity index (χ1n) is 3.75. The van der Waals surface area contributed by atoms with E-state index in [1.165, 1.54) is 19.3 Å². The van der Waals surface area contributed by atoms with Gasteiger partial charge in [0, 0.05) is 18.1 Å². The lowest BCUT2D eigenvalue weighted by Gasteiger charge is -2.53. The van der Waals surface area contributed by atoms with Gasteiger partial charge in [-0.2, -0.15) is 0 Å². The van der Waals surface area contributed by atoms with E-state index in [1.807, 2.05) is 0 Å².